The molecule has 1 aliphatic carbocycles. The molecule has 0 heterocycles. The third-order valence-electron chi connectivity index (χ3n) is 4.06. The van der Waals surface area contributed by atoms with Gasteiger partial charge in [0.25, 0.3) is 0 Å². The normalized spacial score (nSPS) is 18.9. The van der Waals surface area contributed by atoms with Crippen LogP contribution in [0.5, 0.6) is 0 Å². The second kappa shape index (κ2) is 6.78. The zero-order chi connectivity index (χ0) is 14.5. The van der Waals surface area contributed by atoms with Crippen LogP contribution in [-0.2, 0) is 4.79 Å². The van der Waals surface area contributed by atoms with Crippen LogP contribution in [0.25, 0.3) is 0 Å². The van der Waals surface area contributed by atoms with Crippen molar-refractivity contribution in [2.24, 2.45) is 11.3 Å². The fourth-order valence-electron chi connectivity index (χ4n) is 2.57. The molecule has 110 valence electrons. The number of nitrogens with zero attached hydrogens (tertiary/aromatic N) is 1. The van der Waals surface area contributed by atoms with Gasteiger partial charge in [0, 0.05) is 19.6 Å². The molecule has 1 unspecified atom stereocenters. The van der Waals surface area contributed by atoms with Gasteiger partial charge in [0.05, 0.1) is 5.92 Å². The molecule has 0 radical (unpaired) electrons. The SMILES string of the molecule is CCN(CC(C)C(=O)O)C(=O)NCC1(C)CCCC1. The van der Waals surface area contributed by atoms with Crippen LogP contribution in [0.15, 0.2) is 0 Å². The summed E-state index contributed by atoms with van der Waals surface area (Å²) >= 11 is 0. The molecule has 1 fully saturated rings. The Morgan fingerprint density at radius 2 is 1.95 bits per heavy atom. The largest absolute Gasteiger partial charge is 0.481 e. The van der Waals surface area contributed by atoms with Crippen molar-refractivity contribution in [1.29, 1.82) is 0 Å². The number of carbonyl (C=O) groups is 2. The zero-order valence-corrected chi connectivity index (χ0v) is 12.2. The zero-order valence-electron chi connectivity index (χ0n) is 12.2. The molecule has 5 nitrogen and oxygen atoms in total. The van der Waals surface area contributed by atoms with E-state index in [1.807, 2.05) is 6.92 Å². The molecule has 1 saturated carbocycles. The van der Waals surface area contributed by atoms with Gasteiger partial charge in [-0.3, -0.25) is 4.79 Å². The van der Waals surface area contributed by atoms with Gasteiger partial charge < -0.3 is 15.3 Å². The minimum Gasteiger partial charge on any atom is -0.481 e. The van der Waals surface area contributed by atoms with Crippen LogP contribution in [0.3, 0.4) is 0 Å². The van der Waals surface area contributed by atoms with Gasteiger partial charge >= 0.3 is 12.0 Å². The number of carboxylic acid groups (broad SMARTS) is 1. The lowest BCUT2D eigenvalue weighted by Gasteiger charge is -2.28. The van der Waals surface area contributed by atoms with E-state index in [1.165, 1.54) is 12.8 Å². The first-order valence-electron chi connectivity index (χ1n) is 7.13. The van der Waals surface area contributed by atoms with Crippen molar-refractivity contribution < 1.29 is 14.7 Å². The fraction of sp³-hybridized carbons (Fsp3) is 0.857. The number of nitrogens with one attached hydrogen (secondary N) is 1. The molecule has 19 heavy (non-hydrogen) atoms. The molecule has 0 bridgehead atoms. The summed E-state index contributed by atoms with van der Waals surface area (Å²) in [6.45, 7) is 7.16. The number of carbonyl (C=O) groups excluding carboxylic acids is 1. The van der Waals surface area contributed by atoms with Gasteiger partial charge in [-0.15, -0.1) is 0 Å². The van der Waals surface area contributed by atoms with Crippen molar-refractivity contribution in [3.05, 3.63) is 0 Å². The van der Waals surface area contributed by atoms with Crippen LogP contribution in [0.2, 0.25) is 0 Å². The summed E-state index contributed by atoms with van der Waals surface area (Å²) in [6.07, 6.45) is 4.79. The third kappa shape index (κ3) is 4.73. The maximum absolute atomic E-state index is 12.1. The van der Waals surface area contributed by atoms with Gasteiger partial charge in [-0.1, -0.05) is 26.7 Å². The molecule has 0 spiro atoms. The van der Waals surface area contributed by atoms with Gasteiger partial charge in [0.1, 0.15) is 0 Å². The fourth-order valence-corrected chi connectivity index (χ4v) is 2.57. The molecule has 0 saturated heterocycles. The predicted molar refractivity (Wildman–Crippen MR) is 74.0 cm³/mol. The Kier molecular flexibility index (Phi) is 5.63. The van der Waals surface area contributed by atoms with Crippen LogP contribution < -0.4 is 5.32 Å². The Bertz CT molecular complexity index is 325. The lowest BCUT2D eigenvalue weighted by atomic mass is 9.89. The van der Waals surface area contributed by atoms with E-state index in [1.54, 1.807) is 11.8 Å². The summed E-state index contributed by atoms with van der Waals surface area (Å²) in [5.41, 5.74) is 0.216. The molecule has 2 N–H and O–H groups in total. The number of hydrogen-bond acceptors (Lipinski definition) is 2. The van der Waals surface area contributed by atoms with Crippen LogP contribution in [0, 0.1) is 11.3 Å². The highest BCUT2D eigenvalue weighted by Crippen LogP contribution is 2.36. The van der Waals surface area contributed by atoms with Gasteiger partial charge in [0.2, 0.25) is 0 Å². The van der Waals surface area contributed by atoms with Crippen molar-refractivity contribution in [2.45, 2.75) is 46.5 Å². The first-order chi connectivity index (χ1) is 8.88. The number of hydrogen-bond donors (Lipinski definition) is 2. The standard InChI is InChI=1S/C14H26N2O3/c1-4-16(9-11(2)12(17)18)13(19)15-10-14(3)7-5-6-8-14/h11H,4-10H2,1-3H3,(H,15,19)(H,17,18). The smallest absolute Gasteiger partial charge is 0.317 e. The molecule has 0 aromatic heterocycles. The quantitative estimate of drug-likeness (QED) is 0.778. The number of urea groups is 1. The van der Waals surface area contributed by atoms with E-state index in [9.17, 15) is 9.59 Å². The highest BCUT2D eigenvalue weighted by atomic mass is 16.4. The van der Waals surface area contributed by atoms with Crippen molar-refractivity contribution in [3.8, 4) is 0 Å². The van der Waals surface area contributed by atoms with Crippen LogP contribution in [0.4, 0.5) is 4.79 Å². The Balaban J connectivity index is 2.43. The van der Waals surface area contributed by atoms with Crippen molar-refractivity contribution in [3.63, 3.8) is 0 Å². The molecule has 1 aliphatic rings. The van der Waals surface area contributed by atoms with E-state index >= 15 is 0 Å². The molecule has 1 atom stereocenters. The molecule has 1 rings (SSSR count). The molecule has 0 aromatic rings. The van der Waals surface area contributed by atoms with Crippen LogP contribution >= 0.6 is 0 Å². The number of rotatable bonds is 6. The summed E-state index contributed by atoms with van der Waals surface area (Å²) in [7, 11) is 0. The average Bonchev–Trinajstić information content (AvgIpc) is 2.80. The van der Waals surface area contributed by atoms with E-state index < -0.39 is 11.9 Å². The highest BCUT2D eigenvalue weighted by Gasteiger charge is 2.29. The average molecular weight is 270 g/mol. The minimum atomic E-state index is -0.867. The molecule has 0 aliphatic heterocycles. The maximum atomic E-state index is 12.1. The molecule has 5 heteroatoms. The highest BCUT2D eigenvalue weighted by molar-refractivity contribution is 5.76. The summed E-state index contributed by atoms with van der Waals surface area (Å²) in [5.74, 6) is -1.40. The van der Waals surface area contributed by atoms with Crippen LogP contribution in [0.1, 0.15) is 46.5 Å². The van der Waals surface area contributed by atoms with E-state index in [4.69, 9.17) is 5.11 Å². The van der Waals surface area contributed by atoms with Crippen molar-refractivity contribution in [2.75, 3.05) is 19.6 Å². The number of aliphatic carboxylic acids is 1. The summed E-state index contributed by atoms with van der Waals surface area (Å²) in [6, 6.07) is -0.149. The molecular weight excluding hydrogens is 244 g/mol. The summed E-state index contributed by atoms with van der Waals surface area (Å²) in [4.78, 5) is 24.5. The van der Waals surface area contributed by atoms with E-state index in [-0.39, 0.29) is 18.0 Å². The van der Waals surface area contributed by atoms with Crippen molar-refractivity contribution >= 4 is 12.0 Å². The van der Waals surface area contributed by atoms with Crippen molar-refractivity contribution in [1.82, 2.24) is 10.2 Å². The first kappa shape index (κ1) is 15.8. The number of carboxylic acids is 1. The third-order valence-corrected chi connectivity index (χ3v) is 4.06. The van der Waals surface area contributed by atoms with E-state index in [0.29, 0.717) is 13.1 Å². The van der Waals surface area contributed by atoms with Crippen LogP contribution in [-0.4, -0.2) is 41.6 Å². The maximum Gasteiger partial charge on any atom is 0.317 e. The number of amides is 2. The van der Waals surface area contributed by atoms with Gasteiger partial charge in [-0.25, -0.2) is 4.79 Å². The molecule has 2 amide bonds. The lowest BCUT2D eigenvalue weighted by Crippen LogP contribution is -2.45. The Labute approximate surface area is 115 Å². The van der Waals surface area contributed by atoms with Gasteiger partial charge in [-0.05, 0) is 25.2 Å². The van der Waals surface area contributed by atoms with Gasteiger partial charge in [-0.2, -0.15) is 0 Å². The topological polar surface area (TPSA) is 69.6 Å². The van der Waals surface area contributed by atoms with E-state index in [0.717, 1.165) is 12.8 Å². The Hall–Kier alpha value is -1.26. The molecular formula is C14H26N2O3. The summed E-state index contributed by atoms with van der Waals surface area (Å²) in [5, 5.41) is 11.8. The summed E-state index contributed by atoms with van der Waals surface area (Å²) < 4.78 is 0. The second-order valence-corrected chi connectivity index (χ2v) is 5.95. The molecule has 0 aromatic carbocycles. The lowest BCUT2D eigenvalue weighted by molar-refractivity contribution is -0.141. The second-order valence-electron chi connectivity index (χ2n) is 5.95. The van der Waals surface area contributed by atoms with Gasteiger partial charge in [0.15, 0.2) is 0 Å². The Morgan fingerprint density at radius 1 is 1.37 bits per heavy atom. The Morgan fingerprint density at radius 3 is 2.42 bits per heavy atom. The first-order valence-corrected chi connectivity index (χ1v) is 7.13. The van der Waals surface area contributed by atoms with E-state index in [2.05, 4.69) is 12.2 Å². The predicted octanol–water partition coefficient (Wildman–Crippen LogP) is 2.32. The monoisotopic (exact) mass is 270 g/mol. The minimum absolute atomic E-state index is 0.149.